The van der Waals surface area contributed by atoms with E-state index >= 15 is 0 Å². The fourth-order valence-electron chi connectivity index (χ4n) is 3.00. The van der Waals surface area contributed by atoms with Crippen LogP contribution in [0, 0.1) is 0 Å². The van der Waals surface area contributed by atoms with Crippen molar-refractivity contribution in [2.24, 2.45) is 0 Å². The number of nitrogens with zero attached hydrogens (tertiary/aromatic N) is 4. The van der Waals surface area contributed by atoms with Crippen LogP contribution in [0.5, 0.6) is 0 Å². The Bertz CT molecular complexity index is 1100. The summed E-state index contributed by atoms with van der Waals surface area (Å²) in [5, 5.41) is 9.08. The summed E-state index contributed by atoms with van der Waals surface area (Å²) in [5.41, 5.74) is 2.92. The van der Waals surface area contributed by atoms with Gasteiger partial charge in [0.15, 0.2) is 11.5 Å². The molecule has 2 heterocycles. The molecule has 0 saturated heterocycles. The second-order valence-electron chi connectivity index (χ2n) is 5.44. The maximum Gasteiger partial charge on any atom is 0.338 e. The van der Waals surface area contributed by atoms with E-state index in [4.69, 9.17) is 4.74 Å². The quantitative estimate of drug-likeness (QED) is 0.581. The number of aromatic nitrogens is 4. The average Bonchev–Trinajstić information content (AvgIpc) is 3.10. The highest BCUT2D eigenvalue weighted by atomic mass is 16.5. The van der Waals surface area contributed by atoms with Crippen LogP contribution in [-0.2, 0) is 4.74 Å². The molecule has 2 aromatic heterocycles. The summed E-state index contributed by atoms with van der Waals surface area (Å²) in [4.78, 5) is 20.7. The fourth-order valence-corrected chi connectivity index (χ4v) is 3.00. The molecule has 0 aliphatic carbocycles. The maximum absolute atomic E-state index is 12.1. The van der Waals surface area contributed by atoms with Crippen LogP contribution in [0.15, 0.2) is 48.9 Å². The average molecular weight is 333 g/mol. The predicted molar refractivity (Wildman–Crippen MR) is 94.6 cm³/mol. The largest absolute Gasteiger partial charge is 0.465 e. The third kappa shape index (κ3) is 2.28. The zero-order valence-corrected chi connectivity index (χ0v) is 13.7. The molecule has 0 fully saturated rings. The first-order chi connectivity index (χ1) is 12.2. The van der Waals surface area contributed by atoms with Gasteiger partial charge in [-0.2, -0.15) is 5.10 Å². The Balaban J connectivity index is 2.01. The lowest BCUT2D eigenvalue weighted by Gasteiger charge is -2.09. The third-order valence-corrected chi connectivity index (χ3v) is 4.14. The van der Waals surface area contributed by atoms with Crippen LogP contribution in [-0.4, -0.2) is 39.7 Å². The molecule has 2 aromatic carbocycles. The van der Waals surface area contributed by atoms with Crippen LogP contribution >= 0.6 is 0 Å². The zero-order chi connectivity index (χ0) is 17.4. The normalized spacial score (nSPS) is 11.0. The van der Waals surface area contributed by atoms with Crippen molar-refractivity contribution in [3.63, 3.8) is 0 Å². The molecule has 0 saturated carbocycles. The number of anilines is 1. The highest BCUT2D eigenvalue weighted by Crippen LogP contribution is 2.31. The predicted octanol–water partition coefficient (Wildman–Crippen LogP) is 2.77. The molecule has 25 heavy (non-hydrogen) atoms. The first-order valence-corrected chi connectivity index (χ1v) is 7.71. The number of imidazole rings is 1. The smallest absolute Gasteiger partial charge is 0.338 e. The van der Waals surface area contributed by atoms with Crippen molar-refractivity contribution in [1.29, 1.82) is 0 Å². The molecule has 0 aliphatic rings. The molecule has 4 aromatic rings. The van der Waals surface area contributed by atoms with Gasteiger partial charge in [0.05, 0.1) is 24.6 Å². The van der Waals surface area contributed by atoms with Crippen LogP contribution in [0.25, 0.3) is 27.7 Å². The summed E-state index contributed by atoms with van der Waals surface area (Å²) in [6.07, 6.45) is 3.24. The summed E-state index contributed by atoms with van der Waals surface area (Å²) in [6.45, 7) is 0. The first-order valence-electron chi connectivity index (χ1n) is 7.71. The number of esters is 1. The zero-order valence-electron chi connectivity index (χ0n) is 13.7. The number of ether oxygens (including phenoxy) is 1. The van der Waals surface area contributed by atoms with Gasteiger partial charge in [-0.25, -0.2) is 19.3 Å². The van der Waals surface area contributed by atoms with Gasteiger partial charge in [-0.05, 0) is 16.8 Å². The van der Waals surface area contributed by atoms with E-state index in [2.05, 4.69) is 20.4 Å². The van der Waals surface area contributed by atoms with Crippen LogP contribution in [0.1, 0.15) is 10.4 Å². The molecule has 0 spiro atoms. The summed E-state index contributed by atoms with van der Waals surface area (Å²) in [6, 6.07) is 11.4. The third-order valence-electron chi connectivity index (χ3n) is 4.14. The topological polar surface area (TPSA) is 81.4 Å². The van der Waals surface area contributed by atoms with Crippen molar-refractivity contribution < 1.29 is 9.53 Å². The molecule has 0 radical (unpaired) electrons. The van der Waals surface area contributed by atoms with Gasteiger partial charge in [0, 0.05) is 12.6 Å². The number of carbonyl (C=O) groups excluding carboxylic acids is 1. The Hall–Kier alpha value is -3.48. The molecule has 1 N–H and O–H groups in total. The molecule has 0 unspecified atom stereocenters. The summed E-state index contributed by atoms with van der Waals surface area (Å²) in [5.74, 6) is 0.289. The van der Waals surface area contributed by atoms with E-state index in [-0.39, 0.29) is 5.97 Å². The van der Waals surface area contributed by atoms with Crippen molar-refractivity contribution >= 4 is 28.2 Å². The van der Waals surface area contributed by atoms with Gasteiger partial charge < -0.3 is 10.1 Å². The van der Waals surface area contributed by atoms with Crippen molar-refractivity contribution in [1.82, 2.24) is 19.6 Å². The maximum atomic E-state index is 12.1. The Morgan fingerprint density at radius 3 is 2.72 bits per heavy atom. The molecule has 0 bridgehead atoms. The van der Waals surface area contributed by atoms with E-state index in [1.165, 1.54) is 13.4 Å². The van der Waals surface area contributed by atoms with Crippen LogP contribution in [0.4, 0.5) is 5.82 Å². The molecule has 0 atom stereocenters. The molecule has 7 nitrogen and oxygen atoms in total. The van der Waals surface area contributed by atoms with E-state index < -0.39 is 0 Å². The molecule has 7 heteroatoms. The van der Waals surface area contributed by atoms with Crippen LogP contribution < -0.4 is 5.32 Å². The second kappa shape index (κ2) is 5.86. The summed E-state index contributed by atoms with van der Waals surface area (Å²) in [7, 11) is 3.17. The Morgan fingerprint density at radius 1 is 1.12 bits per heavy atom. The number of hydrogen-bond acceptors (Lipinski definition) is 6. The minimum Gasteiger partial charge on any atom is -0.465 e. The van der Waals surface area contributed by atoms with Gasteiger partial charge in [-0.15, -0.1) is 0 Å². The number of rotatable bonds is 3. The molecule has 124 valence electrons. The van der Waals surface area contributed by atoms with Gasteiger partial charge in [0.1, 0.15) is 6.33 Å². The number of carbonyl (C=O) groups is 1. The standard InChI is InChI=1S/C18H15N5O2/c1-19-16-17-20-9-15(23(17)22-10-21-16)13-7-3-6-12-11(13)5-4-8-14(12)18(24)25-2/h3-10H,1-2H3,(H,19,21,22). The van der Waals surface area contributed by atoms with Gasteiger partial charge in [0.25, 0.3) is 0 Å². The number of hydrogen-bond donors (Lipinski definition) is 1. The van der Waals surface area contributed by atoms with E-state index in [9.17, 15) is 4.79 Å². The first kappa shape index (κ1) is 15.1. The Labute approximate surface area is 143 Å². The van der Waals surface area contributed by atoms with Crippen molar-refractivity contribution in [3.8, 4) is 11.3 Å². The van der Waals surface area contributed by atoms with Crippen LogP contribution in [0.3, 0.4) is 0 Å². The SMILES string of the molecule is CNc1ncnn2c(-c3cccc4c(C(=O)OC)cccc34)cnc12. The Morgan fingerprint density at radius 2 is 1.92 bits per heavy atom. The summed E-state index contributed by atoms with van der Waals surface area (Å²) >= 11 is 0. The lowest BCUT2D eigenvalue weighted by atomic mass is 9.98. The molecule has 0 amide bonds. The van der Waals surface area contributed by atoms with Crippen molar-refractivity contribution in [2.75, 3.05) is 19.5 Å². The van der Waals surface area contributed by atoms with E-state index in [0.29, 0.717) is 17.0 Å². The molecule has 4 rings (SSSR count). The Kier molecular flexibility index (Phi) is 3.53. The van der Waals surface area contributed by atoms with Crippen molar-refractivity contribution in [2.45, 2.75) is 0 Å². The van der Waals surface area contributed by atoms with Gasteiger partial charge in [-0.1, -0.05) is 30.3 Å². The van der Waals surface area contributed by atoms with Gasteiger partial charge in [0.2, 0.25) is 0 Å². The molecule has 0 aliphatic heterocycles. The monoisotopic (exact) mass is 333 g/mol. The highest BCUT2D eigenvalue weighted by molar-refractivity contribution is 6.08. The minimum absolute atomic E-state index is 0.360. The summed E-state index contributed by atoms with van der Waals surface area (Å²) < 4.78 is 6.62. The van der Waals surface area contributed by atoms with Crippen LogP contribution in [0.2, 0.25) is 0 Å². The number of fused-ring (bicyclic) bond motifs is 2. The van der Waals surface area contributed by atoms with Crippen molar-refractivity contribution in [3.05, 3.63) is 54.5 Å². The van der Waals surface area contributed by atoms with E-state index in [1.54, 1.807) is 23.8 Å². The van der Waals surface area contributed by atoms with E-state index in [0.717, 1.165) is 22.0 Å². The number of nitrogens with one attached hydrogen (secondary N) is 1. The molecular formula is C18H15N5O2. The minimum atomic E-state index is -0.360. The molecular weight excluding hydrogens is 318 g/mol. The second-order valence-corrected chi connectivity index (χ2v) is 5.44. The number of methoxy groups -OCH3 is 1. The van der Waals surface area contributed by atoms with Gasteiger partial charge >= 0.3 is 5.97 Å². The highest BCUT2D eigenvalue weighted by Gasteiger charge is 2.16. The fraction of sp³-hybridized carbons (Fsp3) is 0.111. The van der Waals surface area contributed by atoms with Gasteiger partial charge in [-0.3, -0.25) is 0 Å². The number of benzene rings is 2. The van der Waals surface area contributed by atoms with E-state index in [1.807, 2.05) is 30.3 Å². The lowest BCUT2D eigenvalue weighted by molar-refractivity contribution is 0.0603. The lowest BCUT2D eigenvalue weighted by Crippen LogP contribution is -2.03.